The fourth-order valence-electron chi connectivity index (χ4n) is 2.07. The van der Waals surface area contributed by atoms with Gasteiger partial charge in [-0.1, -0.05) is 0 Å². The van der Waals surface area contributed by atoms with E-state index in [1.54, 1.807) is 30.6 Å². The van der Waals surface area contributed by atoms with E-state index in [0.29, 0.717) is 17.2 Å². The molecule has 1 N–H and O–H groups in total. The van der Waals surface area contributed by atoms with Crippen molar-refractivity contribution in [3.8, 4) is 17.2 Å². The third-order valence-electron chi connectivity index (χ3n) is 3.03. The van der Waals surface area contributed by atoms with Crippen molar-refractivity contribution in [2.24, 2.45) is 0 Å². The Morgan fingerprint density at radius 2 is 2.16 bits per heavy atom. The summed E-state index contributed by atoms with van der Waals surface area (Å²) in [5.74, 6) is 1.79. The maximum Gasteiger partial charge on any atom is 0.231 e. The quantitative estimate of drug-likeness (QED) is 0.938. The van der Waals surface area contributed by atoms with Gasteiger partial charge in [0.15, 0.2) is 11.5 Å². The Bertz CT molecular complexity index is 605. The van der Waals surface area contributed by atoms with E-state index >= 15 is 0 Å². The first-order chi connectivity index (χ1) is 9.19. The number of rotatable bonds is 3. The van der Waals surface area contributed by atoms with E-state index in [1.807, 2.05) is 19.1 Å². The number of hydrogen-bond acceptors (Lipinski definition) is 5. The zero-order valence-corrected chi connectivity index (χ0v) is 11.5. The van der Waals surface area contributed by atoms with Crippen LogP contribution in [0.2, 0.25) is 0 Å². The molecule has 0 bridgehead atoms. The highest BCUT2D eigenvalue weighted by Gasteiger charge is 2.23. The molecule has 1 unspecified atom stereocenters. The van der Waals surface area contributed by atoms with Crippen LogP contribution in [0.3, 0.4) is 0 Å². The second-order valence-corrected chi connectivity index (χ2v) is 5.63. The minimum Gasteiger partial charge on any atom is -0.493 e. The second-order valence-electron chi connectivity index (χ2n) is 4.31. The molecule has 19 heavy (non-hydrogen) atoms. The van der Waals surface area contributed by atoms with Gasteiger partial charge in [-0.2, -0.15) is 0 Å². The molecule has 0 fully saturated rings. The van der Waals surface area contributed by atoms with Gasteiger partial charge in [-0.05, 0) is 36.8 Å². The van der Waals surface area contributed by atoms with Crippen molar-refractivity contribution in [3.63, 3.8) is 0 Å². The number of aliphatic hydroxyl groups is 1. The van der Waals surface area contributed by atoms with Crippen molar-refractivity contribution < 1.29 is 19.3 Å². The van der Waals surface area contributed by atoms with Crippen molar-refractivity contribution in [3.05, 3.63) is 39.6 Å². The van der Waals surface area contributed by atoms with Crippen LogP contribution in [-0.4, -0.2) is 19.0 Å². The molecule has 0 amide bonds. The molecular weight excluding hydrogens is 264 g/mol. The Labute approximate surface area is 115 Å². The second kappa shape index (κ2) is 4.75. The summed E-state index contributed by atoms with van der Waals surface area (Å²) in [5.41, 5.74) is 0.739. The summed E-state index contributed by atoms with van der Waals surface area (Å²) in [4.78, 5) is 2.07. The molecule has 0 aliphatic carbocycles. The Kier molecular flexibility index (Phi) is 3.08. The molecule has 0 radical (unpaired) electrons. The molecular formula is C14H14O4S. The predicted molar refractivity (Wildman–Crippen MR) is 72.2 cm³/mol. The summed E-state index contributed by atoms with van der Waals surface area (Å²) in [6, 6.07) is 7.51. The van der Waals surface area contributed by atoms with Crippen LogP contribution in [0, 0.1) is 6.92 Å². The van der Waals surface area contributed by atoms with Gasteiger partial charge >= 0.3 is 0 Å². The summed E-state index contributed by atoms with van der Waals surface area (Å²) >= 11 is 1.57. The molecule has 2 aromatic rings. The van der Waals surface area contributed by atoms with Crippen LogP contribution in [0.5, 0.6) is 17.2 Å². The fraction of sp³-hybridized carbons (Fsp3) is 0.286. The maximum absolute atomic E-state index is 10.4. The first-order valence-corrected chi connectivity index (χ1v) is 6.72. The molecule has 1 aromatic carbocycles. The average molecular weight is 278 g/mol. The zero-order chi connectivity index (χ0) is 13.4. The Balaban J connectivity index is 2.01. The number of methoxy groups -OCH3 is 1. The van der Waals surface area contributed by atoms with E-state index in [9.17, 15) is 5.11 Å². The molecule has 1 aliphatic heterocycles. The van der Waals surface area contributed by atoms with E-state index in [1.165, 1.54) is 4.88 Å². The van der Waals surface area contributed by atoms with Crippen LogP contribution < -0.4 is 14.2 Å². The SMILES string of the molecule is COc1cc(C(O)c2ccc(C)s2)cc2c1OCO2. The summed E-state index contributed by atoms with van der Waals surface area (Å²) in [7, 11) is 1.57. The van der Waals surface area contributed by atoms with Gasteiger partial charge in [0.1, 0.15) is 6.10 Å². The number of benzene rings is 1. The highest BCUT2D eigenvalue weighted by Crippen LogP contribution is 2.44. The van der Waals surface area contributed by atoms with Crippen LogP contribution in [0.15, 0.2) is 24.3 Å². The number of ether oxygens (including phenoxy) is 3. The number of aryl methyl sites for hydroxylation is 1. The van der Waals surface area contributed by atoms with E-state index in [0.717, 1.165) is 10.4 Å². The number of aliphatic hydroxyl groups excluding tert-OH is 1. The fourth-order valence-corrected chi connectivity index (χ4v) is 2.96. The van der Waals surface area contributed by atoms with Crippen LogP contribution in [0.1, 0.15) is 21.4 Å². The molecule has 0 spiro atoms. The van der Waals surface area contributed by atoms with Crippen molar-refractivity contribution in [2.45, 2.75) is 13.0 Å². The van der Waals surface area contributed by atoms with Gasteiger partial charge in [-0.3, -0.25) is 0 Å². The van der Waals surface area contributed by atoms with Crippen molar-refractivity contribution >= 4 is 11.3 Å². The standard InChI is InChI=1S/C14H14O4S/c1-8-3-4-12(19-8)13(15)9-5-10(16-2)14-11(6-9)17-7-18-14/h3-6,13,15H,7H2,1-2H3. The molecule has 0 saturated carbocycles. The Hall–Kier alpha value is -1.72. The minimum absolute atomic E-state index is 0.184. The van der Waals surface area contributed by atoms with Crippen LogP contribution >= 0.6 is 11.3 Å². The molecule has 1 aliphatic rings. The highest BCUT2D eigenvalue weighted by atomic mass is 32.1. The normalized spacial score (nSPS) is 14.5. The smallest absolute Gasteiger partial charge is 0.231 e. The molecule has 5 heteroatoms. The molecule has 3 rings (SSSR count). The minimum atomic E-state index is -0.679. The largest absolute Gasteiger partial charge is 0.493 e. The lowest BCUT2D eigenvalue weighted by atomic mass is 10.1. The molecule has 2 heterocycles. The predicted octanol–water partition coefficient (Wildman–Crippen LogP) is 2.88. The van der Waals surface area contributed by atoms with Crippen molar-refractivity contribution in [1.29, 1.82) is 0 Å². The third-order valence-corrected chi connectivity index (χ3v) is 4.08. The summed E-state index contributed by atoms with van der Waals surface area (Å²) in [6.45, 7) is 2.20. The third kappa shape index (κ3) is 2.15. The lowest BCUT2D eigenvalue weighted by Gasteiger charge is -2.12. The van der Waals surface area contributed by atoms with Gasteiger partial charge in [0.25, 0.3) is 0 Å². The van der Waals surface area contributed by atoms with Gasteiger partial charge in [-0.15, -0.1) is 11.3 Å². The molecule has 1 aromatic heterocycles. The first kappa shape index (κ1) is 12.3. The van der Waals surface area contributed by atoms with Gasteiger partial charge in [-0.25, -0.2) is 0 Å². The van der Waals surface area contributed by atoms with Crippen LogP contribution in [0.4, 0.5) is 0 Å². The Morgan fingerprint density at radius 1 is 1.32 bits per heavy atom. The molecule has 100 valence electrons. The number of thiophene rings is 1. The lowest BCUT2D eigenvalue weighted by Crippen LogP contribution is -1.98. The van der Waals surface area contributed by atoms with Gasteiger partial charge in [0.2, 0.25) is 12.5 Å². The van der Waals surface area contributed by atoms with E-state index < -0.39 is 6.10 Å². The van der Waals surface area contributed by atoms with Crippen molar-refractivity contribution in [1.82, 2.24) is 0 Å². The number of fused-ring (bicyclic) bond motifs is 1. The van der Waals surface area contributed by atoms with Gasteiger partial charge < -0.3 is 19.3 Å². The van der Waals surface area contributed by atoms with E-state index in [4.69, 9.17) is 14.2 Å². The summed E-state index contributed by atoms with van der Waals surface area (Å²) in [6.07, 6.45) is -0.679. The summed E-state index contributed by atoms with van der Waals surface area (Å²) < 4.78 is 16.0. The van der Waals surface area contributed by atoms with Crippen LogP contribution in [0.25, 0.3) is 0 Å². The molecule has 1 atom stereocenters. The highest BCUT2D eigenvalue weighted by molar-refractivity contribution is 7.12. The zero-order valence-electron chi connectivity index (χ0n) is 10.7. The van der Waals surface area contributed by atoms with E-state index in [2.05, 4.69) is 0 Å². The molecule has 4 nitrogen and oxygen atoms in total. The van der Waals surface area contributed by atoms with Gasteiger partial charge in [0.05, 0.1) is 7.11 Å². The van der Waals surface area contributed by atoms with Crippen LogP contribution in [-0.2, 0) is 0 Å². The Morgan fingerprint density at radius 3 is 2.84 bits per heavy atom. The lowest BCUT2D eigenvalue weighted by molar-refractivity contribution is 0.171. The number of hydrogen-bond donors (Lipinski definition) is 1. The summed E-state index contributed by atoms with van der Waals surface area (Å²) in [5, 5.41) is 10.4. The van der Waals surface area contributed by atoms with Crippen molar-refractivity contribution in [2.75, 3.05) is 13.9 Å². The topological polar surface area (TPSA) is 47.9 Å². The monoisotopic (exact) mass is 278 g/mol. The molecule has 0 saturated heterocycles. The maximum atomic E-state index is 10.4. The average Bonchev–Trinajstić information content (AvgIpc) is 3.04. The first-order valence-electron chi connectivity index (χ1n) is 5.91. The van der Waals surface area contributed by atoms with E-state index in [-0.39, 0.29) is 6.79 Å². The van der Waals surface area contributed by atoms with Gasteiger partial charge in [0, 0.05) is 9.75 Å².